The van der Waals surface area contributed by atoms with E-state index in [1.165, 1.54) is 25.7 Å². The second-order valence-electron chi connectivity index (χ2n) is 8.65. The van der Waals surface area contributed by atoms with Crippen LogP contribution in [-0.2, 0) is 14.3 Å². The topological polar surface area (TPSA) is 35.5 Å². The summed E-state index contributed by atoms with van der Waals surface area (Å²) >= 11 is 0. The van der Waals surface area contributed by atoms with Crippen LogP contribution in [-0.4, -0.2) is 23.8 Å². The van der Waals surface area contributed by atoms with Gasteiger partial charge in [0.15, 0.2) is 0 Å². The molecule has 3 heterocycles. The van der Waals surface area contributed by atoms with Gasteiger partial charge in [0.2, 0.25) is 0 Å². The van der Waals surface area contributed by atoms with Gasteiger partial charge in [-0.2, -0.15) is 0 Å². The Bertz CT molecular complexity index is 502. The van der Waals surface area contributed by atoms with E-state index in [2.05, 4.69) is 13.8 Å². The summed E-state index contributed by atoms with van der Waals surface area (Å²) in [5.74, 6) is 1.42. The molecule has 20 heavy (non-hydrogen) atoms. The first kappa shape index (κ1) is 12.0. The second kappa shape index (κ2) is 3.26. The summed E-state index contributed by atoms with van der Waals surface area (Å²) in [7, 11) is 0. The first-order valence-corrected chi connectivity index (χ1v) is 8.33. The number of ether oxygens (including phenoxy) is 2. The molecule has 3 saturated carbocycles. The summed E-state index contributed by atoms with van der Waals surface area (Å²) in [5.41, 5.74) is 0.818. The number of hydrogen-bond donors (Lipinski definition) is 0. The SMILES string of the molecule is CC12CC34CC[C@H]5OC(=O)CC[C@@]5(C)C3C(CC1C4)O2. The van der Waals surface area contributed by atoms with Crippen molar-refractivity contribution in [3.63, 3.8) is 0 Å². The predicted octanol–water partition coefficient (Wildman–Crippen LogP) is 3.07. The zero-order valence-corrected chi connectivity index (χ0v) is 12.5. The van der Waals surface area contributed by atoms with E-state index >= 15 is 0 Å². The van der Waals surface area contributed by atoms with Gasteiger partial charge in [0.1, 0.15) is 6.10 Å². The van der Waals surface area contributed by atoms with E-state index in [1.807, 2.05) is 0 Å². The highest BCUT2D eigenvalue weighted by Gasteiger charge is 2.73. The third-order valence-electron chi connectivity index (χ3n) is 7.68. The van der Waals surface area contributed by atoms with E-state index in [-0.39, 0.29) is 23.1 Å². The molecule has 0 aromatic heterocycles. The molecular formula is C17H24O3. The van der Waals surface area contributed by atoms with Gasteiger partial charge in [0.25, 0.3) is 0 Å². The molecule has 6 rings (SSSR count). The molecule has 3 saturated heterocycles. The number of carbonyl (C=O) groups excluding carboxylic acids is 1. The smallest absolute Gasteiger partial charge is 0.306 e. The van der Waals surface area contributed by atoms with Gasteiger partial charge in [-0.25, -0.2) is 0 Å². The fourth-order valence-electron chi connectivity index (χ4n) is 7.12. The minimum absolute atomic E-state index is 0.0166. The third kappa shape index (κ3) is 1.17. The Hall–Kier alpha value is -0.570. The second-order valence-corrected chi connectivity index (χ2v) is 8.65. The first-order valence-electron chi connectivity index (χ1n) is 8.33. The molecule has 7 atom stereocenters. The van der Waals surface area contributed by atoms with Gasteiger partial charge in [-0.15, -0.1) is 0 Å². The molecule has 5 unspecified atom stereocenters. The highest BCUT2D eigenvalue weighted by molar-refractivity contribution is 5.70. The van der Waals surface area contributed by atoms with Crippen molar-refractivity contribution >= 4 is 5.97 Å². The molecule has 3 aliphatic heterocycles. The zero-order chi connectivity index (χ0) is 13.8. The molecule has 3 aliphatic carbocycles. The Morgan fingerprint density at radius 1 is 1.25 bits per heavy atom. The maximum Gasteiger partial charge on any atom is 0.306 e. The lowest BCUT2D eigenvalue weighted by atomic mass is 9.47. The lowest BCUT2D eigenvalue weighted by molar-refractivity contribution is -0.235. The van der Waals surface area contributed by atoms with Crippen LogP contribution in [0.2, 0.25) is 0 Å². The van der Waals surface area contributed by atoms with Crippen molar-refractivity contribution in [1.82, 2.24) is 0 Å². The highest BCUT2D eigenvalue weighted by atomic mass is 16.5. The summed E-state index contributed by atoms with van der Waals surface area (Å²) in [6.07, 6.45) is 8.37. The van der Waals surface area contributed by atoms with Crippen molar-refractivity contribution in [2.75, 3.05) is 0 Å². The van der Waals surface area contributed by atoms with Crippen LogP contribution in [0.3, 0.4) is 0 Å². The van der Waals surface area contributed by atoms with Crippen LogP contribution in [0.4, 0.5) is 0 Å². The summed E-state index contributed by atoms with van der Waals surface area (Å²) < 4.78 is 12.2. The number of carbonyl (C=O) groups is 1. The van der Waals surface area contributed by atoms with Gasteiger partial charge in [-0.05, 0) is 62.7 Å². The van der Waals surface area contributed by atoms with Crippen molar-refractivity contribution in [2.24, 2.45) is 22.7 Å². The number of fused-ring (bicyclic) bond motifs is 1. The number of esters is 1. The van der Waals surface area contributed by atoms with Crippen molar-refractivity contribution in [1.29, 1.82) is 0 Å². The van der Waals surface area contributed by atoms with Crippen LogP contribution in [0.5, 0.6) is 0 Å². The van der Waals surface area contributed by atoms with Gasteiger partial charge in [-0.3, -0.25) is 4.79 Å². The maximum atomic E-state index is 11.7. The minimum Gasteiger partial charge on any atom is -0.462 e. The van der Waals surface area contributed by atoms with E-state index in [9.17, 15) is 4.79 Å². The van der Waals surface area contributed by atoms with Crippen LogP contribution in [0.15, 0.2) is 0 Å². The van der Waals surface area contributed by atoms with Crippen LogP contribution in [0.1, 0.15) is 58.8 Å². The van der Waals surface area contributed by atoms with E-state index in [0.717, 1.165) is 18.8 Å². The van der Waals surface area contributed by atoms with Crippen molar-refractivity contribution < 1.29 is 14.3 Å². The summed E-state index contributed by atoms with van der Waals surface area (Å²) in [4.78, 5) is 11.7. The lowest BCUT2D eigenvalue weighted by Gasteiger charge is -2.61. The summed E-state index contributed by atoms with van der Waals surface area (Å²) in [6.45, 7) is 4.73. The van der Waals surface area contributed by atoms with Crippen molar-refractivity contribution in [3.8, 4) is 0 Å². The Balaban J connectivity index is 1.59. The number of hydrogen-bond acceptors (Lipinski definition) is 3. The predicted molar refractivity (Wildman–Crippen MR) is 73.0 cm³/mol. The van der Waals surface area contributed by atoms with Crippen molar-refractivity contribution in [2.45, 2.75) is 76.6 Å². The Kier molecular flexibility index (Phi) is 1.96. The molecule has 0 aromatic carbocycles. The highest BCUT2D eigenvalue weighted by Crippen LogP contribution is 2.74. The Morgan fingerprint density at radius 3 is 2.90 bits per heavy atom. The molecule has 3 heteroatoms. The molecule has 0 radical (unpaired) electrons. The Labute approximate surface area is 120 Å². The van der Waals surface area contributed by atoms with E-state index in [1.54, 1.807) is 0 Å². The number of rotatable bonds is 0. The summed E-state index contributed by atoms with van der Waals surface area (Å²) in [6, 6.07) is 0. The molecule has 0 amide bonds. The fraction of sp³-hybridized carbons (Fsp3) is 0.941. The monoisotopic (exact) mass is 276 g/mol. The molecule has 0 aromatic rings. The lowest BCUT2D eigenvalue weighted by Crippen LogP contribution is -2.61. The van der Waals surface area contributed by atoms with E-state index in [0.29, 0.717) is 23.9 Å². The maximum absolute atomic E-state index is 11.7. The van der Waals surface area contributed by atoms with Crippen LogP contribution in [0.25, 0.3) is 0 Å². The average molecular weight is 276 g/mol. The van der Waals surface area contributed by atoms with Gasteiger partial charge in [0.05, 0.1) is 11.7 Å². The normalized spacial score (nSPS) is 63.0. The summed E-state index contributed by atoms with van der Waals surface area (Å²) in [5, 5.41) is 0. The van der Waals surface area contributed by atoms with Crippen LogP contribution < -0.4 is 0 Å². The standard InChI is InChI=1S/C17H24O3/c1-15-5-4-13(18)19-12(15)3-6-17-8-10-7-11(14(15)17)20-16(10,2)9-17/h10-12,14H,3-9H2,1-2H3/t10?,11?,12-,14?,15-,16?,17?/m1/s1. The van der Waals surface area contributed by atoms with Gasteiger partial charge in [-0.1, -0.05) is 6.92 Å². The molecule has 6 aliphatic rings. The molecule has 4 bridgehead atoms. The fourth-order valence-corrected chi connectivity index (χ4v) is 7.12. The van der Waals surface area contributed by atoms with Crippen LogP contribution >= 0.6 is 0 Å². The Morgan fingerprint density at radius 2 is 2.10 bits per heavy atom. The van der Waals surface area contributed by atoms with Crippen molar-refractivity contribution in [3.05, 3.63) is 0 Å². The van der Waals surface area contributed by atoms with E-state index in [4.69, 9.17) is 9.47 Å². The van der Waals surface area contributed by atoms with Crippen LogP contribution in [0, 0.1) is 22.7 Å². The molecule has 0 N–H and O–H groups in total. The first-order chi connectivity index (χ1) is 9.45. The molecular weight excluding hydrogens is 252 g/mol. The zero-order valence-electron chi connectivity index (χ0n) is 12.5. The quantitative estimate of drug-likeness (QED) is 0.638. The molecule has 3 nitrogen and oxygen atoms in total. The van der Waals surface area contributed by atoms with Gasteiger partial charge < -0.3 is 9.47 Å². The molecule has 110 valence electrons. The van der Waals surface area contributed by atoms with Gasteiger partial charge >= 0.3 is 5.97 Å². The molecule has 1 spiro atoms. The minimum atomic E-state index is 0.0166. The van der Waals surface area contributed by atoms with Gasteiger partial charge in [0, 0.05) is 11.8 Å². The third-order valence-corrected chi connectivity index (χ3v) is 7.68. The van der Waals surface area contributed by atoms with E-state index < -0.39 is 0 Å². The molecule has 6 fully saturated rings. The largest absolute Gasteiger partial charge is 0.462 e. The average Bonchev–Trinajstić information content (AvgIpc) is 2.73.